The standard InChI is InChI=1S/C21H25F3N3O/c1-15-12-19(20(28)14-27-9-6-25(7-10-27)8-11-27)16(2)26(15)18-5-3-4-17(13-18)21(22,23)24/h3-5,12-13H,6-11,14H2,1-2H3/q+1. The molecule has 1 aromatic carbocycles. The van der Waals surface area contributed by atoms with Gasteiger partial charge in [-0.25, -0.2) is 0 Å². The van der Waals surface area contributed by atoms with Crippen LogP contribution in [0.15, 0.2) is 30.3 Å². The fraction of sp³-hybridized carbons (Fsp3) is 0.476. The lowest BCUT2D eigenvalue weighted by atomic mass is 10.1. The highest BCUT2D eigenvalue weighted by Crippen LogP contribution is 2.32. The average molecular weight is 392 g/mol. The molecular weight excluding hydrogens is 367 g/mol. The molecule has 3 aliphatic heterocycles. The zero-order chi connectivity index (χ0) is 20.1. The van der Waals surface area contributed by atoms with Crippen molar-refractivity contribution >= 4 is 5.78 Å². The molecular formula is C21H25F3N3O+. The lowest BCUT2D eigenvalue weighted by molar-refractivity contribution is -0.933. The highest BCUT2D eigenvalue weighted by Gasteiger charge is 2.40. The largest absolute Gasteiger partial charge is 0.416 e. The molecule has 4 heterocycles. The van der Waals surface area contributed by atoms with Crippen molar-refractivity contribution < 1.29 is 22.4 Å². The number of halogens is 3. The normalized spacial score (nSPS) is 24.5. The number of aromatic nitrogens is 1. The van der Waals surface area contributed by atoms with Crippen LogP contribution < -0.4 is 0 Å². The average Bonchev–Trinajstić information content (AvgIpc) is 2.97. The van der Waals surface area contributed by atoms with E-state index in [2.05, 4.69) is 4.90 Å². The summed E-state index contributed by atoms with van der Waals surface area (Å²) in [7, 11) is 0. The third-order valence-corrected chi connectivity index (χ3v) is 6.31. The van der Waals surface area contributed by atoms with Crippen LogP contribution in [0.1, 0.15) is 27.3 Å². The van der Waals surface area contributed by atoms with E-state index in [9.17, 15) is 18.0 Å². The monoisotopic (exact) mass is 392 g/mol. The van der Waals surface area contributed by atoms with Crippen molar-refractivity contribution in [1.29, 1.82) is 0 Å². The highest BCUT2D eigenvalue weighted by atomic mass is 19.4. The van der Waals surface area contributed by atoms with Gasteiger partial charge in [0.25, 0.3) is 0 Å². The third-order valence-electron chi connectivity index (χ3n) is 6.31. The van der Waals surface area contributed by atoms with Gasteiger partial charge in [0.05, 0.1) is 25.2 Å². The summed E-state index contributed by atoms with van der Waals surface area (Å²) in [6, 6.07) is 7.07. The van der Waals surface area contributed by atoms with E-state index >= 15 is 0 Å². The van der Waals surface area contributed by atoms with E-state index in [1.165, 1.54) is 6.07 Å². The Bertz CT molecular complexity index is 894. The lowest BCUT2D eigenvalue weighted by Crippen LogP contribution is -2.68. The molecule has 3 fully saturated rings. The minimum Gasteiger partial charge on any atom is -0.318 e. The number of hydrogen-bond acceptors (Lipinski definition) is 2. The molecule has 0 atom stereocenters. The van der Waals surface area contributed by atoms with Crippen molar-refractivity contribution in [1.82, 2.24) is 9.47 Å². The molecule has 0 amide bonds. The molecule has 0 N–H and O–H groups in total. The second kappa shape index (κ2) is 6.74. The van der Waals surface area contributed by atoms with Crippen LogP contribution >= 0.6 is 0 Å². The number of rotatable bonds is 4. The zero-order valence-corrected chi connectivity index (χ0v) is 16.2. The van der Waals surface area contributed by atoms with Gasteiger partial charge in [-0.15, -0.1) is 0 Å². The maximum Gasteiger partial charge on any atom is 0.416 e. The summed E-state index contributed by atoms with van der Waals surface area (Å²) in [5.41, 5.74) is 1.84. The van der Waals surface area contributed by atoms with Gasteiger partial charge in [-0.2, -0.15) is 13.2 Å². The quantitative estimate of drug-likeness (QED) is 0.588. The van der Waals surface area contributed by atoms with Crippen molar-refractivity contribution in [2.24, 2.45) is 0 Å². The van der Waals surface area contributed by atoms with Gasteiger partial charge in [0, 0.05) is 42.3 Å². The van der Waals surface area contributed by atoms with E-state index < -0.39 is 11.7 Å². The van der Waals surface area contributed by atoms with Gasteiger partial charge in [-0.3, -0.25) is 9.69 Å². The summed E-state index contributed by atoms with van der Waals surface area (Å²) >= 11 is 0. The lowest BCUT2D eigenvalue weighted by Gasteiger charge is -2.50. The molecule has 0 unspecified atom stereocenters. The Kier molecular flexibility index (Phi) is 4.62. The Morgan fingerprint density at radius 3 is 2.32 bits per heavy atom. The van der Waals surface area contributed by atoms with Gasteiger partial charge in [0.15, 0.2) is 0 Å². The second-order valence-electron chi connectivity index (χ2n) is 8.10. The predicted octanol–water partition coefficient (Wildman–Crippen LogP) is 3.44. The minimum atomic E-state index is -4.39. The maximum atomic E-state index is 13.1. The topological polar surface area (TPSA) is 25.2 Å². The Labute approximate surface area is 162 Å². The van der Waals surface area contributed by atoms with Crippen molar-refractivity contribution in [3.63, 3.8) is 0 Å². The van der Waals surface area contributed by atoms with Gasteiger partial charge >= 0.3 is 6.18 Å². The number of aryl methyl sites for hydroxylation is 1. The van der Waals surface area contributed by atoms with E-state index in [1.54, 1.807) is 10.6 Å². The van der Waals surface area contributed by atoms with Crippen LogP contribution in [0.4, 0.5) is 13.2 Å². The number of nitrogens with zero attached hydrogens (tertiary/aromatic N) is 3. The number of ketones is 1. The molecule has 3 aliphatic rings. The van der Waals surface area contributed by atoms with Crippen molar-refractivity contribution in [3.05, 3.63) is 52.8 Å². The minimum absolute atomic E-state index is 0.0849. The summed E-state index contributed by atoms with van der Waals surface area (Å²) in [5.74, 6) is 0.0849. The molecule has 2 aromatic rings. The van der Waals surface area contributed by atoms with Crippen LogP contribution in [-0.4, -0.2) is 65.5 Å². The Morgan fingerprint density at radius 1 is 1.07 bits per heavy atom. The number of benzene rings is 1. The molecule has 5 rings (SSSR count). The fourth-order valence-electron chi connectivity index (χ4n) is 4.62. The summed E-state index contributed by atoms with van der Waals surface area (Å²) in [5, 5.41) is 0. The van der Waals surface area contributed by atoms with Gasteiger partial charge in [-0.1, -0.05) is 6.07 Å². The van der Waals surface area contributed by atoms with Gasteiger partial charge in [-0.05, 0) is 38.1 Å². The Morgan fingerprint density at radius 2 is 1.71 bits per heavy atom. The Hall–Kier alpha value is -2.12. The SMILES string of the molecule is Cc1cc(C(=O)C[N+]23CCN(CC2)CC3)c(C)n1-c1cccc(C(F)(F)F)c1. The van der Waals surface area contributed by atoms with E-state index in [-0.39, 0.29) is 5.78 Å². The number of quaternary nitrogens is 1. The zero-order valence-electron chi connectivity index (χ0n) is 16.2. The maximum absolute atomic E-state index is 13.1. The fourth-order valence-corrected chi connectivity index (χ4v) is 4.62. The number of fused-ring (bicyclic) bond motifs is 3. The van der Waals surface area contributed by atoms with Crippen LogP contribution in [0, 0.1) is 13.8 Å². The second-order valence-corrected chi connectivity index (χ2v) is 8.10. The molecule has 4 nitrogen and oxygen atoms in total. The molecule has 1 aromatic heterocycles. The number of hydrogen-bond donors (Lipinski definition) is 0. The molecule has 3 saturated heterocycles. The van der Waals surface area contributed by atoms with E-state index in [1.807, 2.05) is 19.9 Å². The molecule has 0 saturated carbocycles. The summed E-state index contributed by atoms with van der Waals surface area (Å²) < 4.78 is 41.9. The van der Waals surface area contributed by atoms with Crippen molar-refractivity contribution in [2.45, 2.75) is 20.0 Å². The molecule has 0 aliphatic carbocycles. The Balaban J connectivity index is 1.64. The van der Waals surface area contributed by atoms with E-state index in [0.717, 1.165) is 61.6 Å². The first kappa shape index (κ1) is 19.2. The van der Waals surface area contributed by atoms with Gasteiger partial charge in [0.2, 0.25) is 5.78 Å². The molecule has 28 heavy (non-hydrogen) atoms. The molecule has 2 bridgehead atoms. The number of Topliss-reactive ketones (excluding diaryl/α,β-unsaturated/α-hetero) is 1. The molecule has 0 spiro atoms. The van der Waals surface area contributed by atoms with Gasteiger partial charge in [0.1, 0.15) is 6.54 Å². The summed E-state index contributed by atoms with van der Waals surface area (Å²) in [4.78, 5) is 15.6. The first-order valence-corrected chi connectivity index (χ1v) is 9.66. The molecule has 7 heteroatoms. The molecule has 0 radical (unpaired) electrons. The number of piperazine rings is 3. The third kappa shape index (κ3) is 3.37. The highest BCUT2D eigenvalue weighted by molar-refractivity contribution is 5.98. The van der Waals surface area contributed by atoms with E-state index in [0.29, 0.717) is 23.5 Å². The van der Waals surface area contributed by atoms with Crippen LogP contribution in [0.3, 0.4) is 0 Å². The van der Waals surface area contributed by atoms with Crippen LogP contribution in [0.5, 0.6) is 0 Å². The van der Waals surface area contributed by atoms with E-state index in [4.69, 9.17) is 0 Å². The van der Waals surface area contributed by atoms with Crippen molar-refractivity contribution in [2.75, 3.05) is 45.8 Å². The summed E-state index contributed by atoms with van der Waals surface area (Å²) in [6.45, 7) is 10.2. The van der Waals surface area contributed by atoms with Crippen molar-refractivity contribution in [3.8, 4) is 5.69 Å². The van der Waals surface area contributed by atoms with Crippen LogP contribution in [-0.2, 0) is 6.18 Å². The smallest absolute Gasteiger partial charge is 0.318 e. The first-order valence-electron chi connectivity index (χ1n) is 9.66. The molecule has 150 valence electrons. The number of carbonyl (C=O) groups excluding carboxylic acids is 1. The van der Waals surface area contributed by atoms with Gasteiger partial charge < -0.3 is 9.05 Å². The number of carbonyl (C=O) groups is 1. The van der Waals surface area contributed by atoms with Crippen LogP contribution in [0.2, 0.25) is 0 Å². The van der Waals surface area contributed by atoms with Crippen LogP contribution in [0.25, 0.3) is 5.69 Å². The summed E-state index contributed by atoms with van der Waals surface area (Å²) in [6.07, 6.45) is -4.39. The number of alkyl halides is 3. The predicted molar refractivity (Wildman–Crippen MR) is 101 cm³/mol. The first-order chi connectivity index (χ1) is 13.2.